The zero-order chi connectivity index (χ0) is 27.4. The maximum absolute atomic E-state index is 13.3. The van der Waals surface area contributed by atoms with Crippen LogP contribution in [-0.4, -0.2) is 36.1 Å². The number of aryl methyl sites for hydroxylation is 3. The van der Waals surface area contributed by atoms with Crippen molar-refractivity contribution < 1.29 is 17.7 Å². The fourth-order valence-corrected chi connectivity index (χ4v) is 5.65. The van der Waals surface area contributed by atoms with Crippen LogP contribution in [0, 0.1) is 13.8 Å². The first-order valence-corrected chi connectivity index (χ1v) is 14.1. The highest BCUT2D eigenvalue weighted by Gasteiger charge is 2.23. The molecule has 2 aromatic carbocycles. The lowest BCUT2D eigenvalue weighted by Crippen LogP contribution is -2.24. The van der Waals surface area contributed by atoms with Gasteiger partial charge in [-0.25, -0.2) is 13.4 Å². The lowest BCUT2D eigenvalue weighted by atomic mass is 10.0. The molecule has 4 aromatic rings. The number of carbonyl (C=O) groups excluding carboxylic acids is 1. The summed E-state index contributed by atoms with van der Waals surface area (Å²) < 4.78 is 36.2. The van der Waals surface area contributed by atoms with Gasteiger partial charge in [-0.2, -0.15) is 0 Å². The molecule has 1 amide bonds. The standard InChI is InChI=1S/C28H33N5O4S/c1-6-10-25-30-23(7-2)26(28(34)29-5)33(25)17-20-13-15-21(16-14-20)22-11-8-9-12-24(22)38(35,36)32-27-18(3)19(4)37-31-27/h8-9,11-16H,6-7,10,17H2,1-5H3,(H,29,34)(H,31,32). The highest BCUT2D eigenvalue weighted by atomic mass is 32.2. The summed E-state index contributed by atoms with van der Waals surface area (Å²) in [5, 5.41) is 6.57. The first-order valence-electron chi connectivity index (χ1n) is 12.6. The summed E-state index contributed by atoms with van der Waals surface area (Å²) in [5.41, 5.74) is 4.31. The van der Waals surface area contributed by atoms with Crippen molar-refractivity contribution >= 4 is 21.7 Å². The maximum atomic E-state index is 13.3. The normalized spacial score (nSPS) is 11.5. The minimum atomic E-state index is -3.92. The zero-order valence-corrected chi connectivity index (χ0v) is 23.1. The summed E-state index contributed by atoms with van der Waals surface area (Å²) >= 11 is 0. The third-order valence-corrected chi connectivity index (χ3v) is 7.94. The number of amides is 1. The van der Waals surface area contributed by atoms with Crippen LogP contribution in [0.15, 0.2) is 57.9 Å². The number of rotatable bonds is 10. The number of hydrogen-bond donors (Lipinski definition) is 2. The van der Waals surface area contributed by atoms with Crippen molar-refractivity contribution in [3.8, 4) is 11.1 Å². The largest absolute Gasteiger partial charge is 0.359 e. The molecule has 0 bridgehead atoms. The molecule has 0 aliphatic heterocycles. The molecule has 0 saturated heterocycles. The molecule has 0 aliphatic carbocycles. The average molecular weight is 536 g/mol. The topological polar surface area (TPSA) is 119 Å². The molecule has 0 spiro atoms. The molecule has 4 rings (SSSR count). The van der Waals surface area contributed by atoms with Crippen LogP contribution in [-0.2, 0) is 29.4 Å². The average Bonchev–Trinajstić information content (AvgIpc) is 3.42. The van der Waals surface area contributed by atoms with Crippen LogP contribution in [0.3, 0.4) is 0 Å². The van der Waals surface area contributed by atoms with Gasteiger partial charge in [-0.15, -0.1) is 0 Å². The van der Waals surface area contributed by atoms with Crippen molar-refractivity contribution in [2.75, 3.05) is 11.8 Å². The molecule has 10 heteroatoms. The van der Waals surface area contributed by atoms with Crippen LogP contribution in [0.2, 0.25) is 0 Å². The summed E-state index contributed by atoms with van der Waals surface area (Å²) in [4.78, 5) is 17.6. The third-order valence-electron chi connectivity index (χ3n) is 6.54. The molecular weight excluding hydrogens is 502 g/mol. The number of aromatic nitrogens is 3. The van der Waals surface area contributed by atoms with Gasteiger partial charge < -0.3 is 14.4 Å². The van der Waals surface area contributed by atoms with E-state index in [4.69, 9.17) is 9.51 Å². The Morgan fingerprint density at radius 2 is 1.76 bits per heavy atom. The molecule has 2 aromatic heterocycles. The zero-order valence-electron chi connectivity index (χ0n) is 22.3. The number of anilines is 1. The quantitative estimate of drug-likeness (QED) is 0.299. The highest BCUT2D eigenvalue weighted by Crippen LogP contribution is 2.30. The van der Waals surface area contributed by atoms with Crippen LogP contribution in [0.5, 0.6) is 0 Å². The number of hydrogen-bond acceptors (Lipinski definition) is 6. The molecule has 2 N–H and O–H groups in total. The molecule has 0 unspecified atom stereocenters. The second kappa shape index (κ2) is 11.2. The third kappa shape index (κ3) is 5.35. The van der Waals surface area contributed by atoms with Crippen LogP contribution in [0.4, 0.5) is 5.82 Å². The molecule has 200 valence electrons. The van der Waals surface area contributed by atoms with Crippen LogP contribution < -0.4 is 10.0 Å². The van der Waals surface area contributed by atoms with Crippen LogP contribution >= 0.6 is 0 Å². The molecule has 0 aliphatic rings. The van der Waals surface area contributed by atoms with Crippen molar-refractivity contribution in [1.82, 2.24) is 20.0 Å². The van der Waals surface area contributed by atoms with Gasteiger partial charge in [-0.3, -0.25) is 9.52 Å². The van der Waals surface area contributed by atoms with Crippen molar-refractivity contribution in [2.24, 2.45) is 0 Å². The second-order valence-corrected chi connectivity index (χ2v) is 10.8. The first kappa shape index (κ1) is 27.1. The minimum Gasteiger partial charge on any atom is -0.359 e. The Morgan fingerprint density at radius 1 is 1.05 bits per heavy atom. The van der Waals surface area contributed by atoms with Crippen LogP contribution in [0.1, 0.15) is 59.2 Å². The van der Waals surface area contributed by atoms with E-state index in [2.05, 4.69) is 22.1 Å². The molecule has 0 atom stereocenters. The summed E-state index contributed by atoms with van der Waals surface area (Å²) in [6.45, 7) is 8.04. The van der Waals surface area contributed by atoms with Gasteiger partial charge in [0, 0.05) is 31.1 Å². The second-order valence-electron chi connectivity index (χ2n) is 9.10. The van der Waals surface area contributed by atoms with Gasteiger partial charge in [0.15, 0.2) is 5.82 Å². The van der Waals surface area contributed by atoms with E-state index < -0.39 is 10.0 Å². The van der Waals surface area contributed by atoms with Crippen molar-refractivity contribution in [3.05, 3.63) is 82.6 Å². The van der Waals surface area contributed by atoms with E-state index in [1.807, 2.05) is 35.8 Å². The van der Waals surface area contributed by atoms with Crippen molar-refractivity contribution in [1.29, 1.82) is 0 Å². The molecule has 9 nitrogen and oxygen atoms in total. The van der Waals surface area contributed by atoms with E-state index in [1.54, 1.807) is 45.2 Å². The van der Waals surface area contributed by atoms with Gasteiger partial charge in [0.2, 0.25) is 0 Å². The van der Waals surface area contributed by atoms with Gasteiger partial charge >= 0.3 is 0 Å². The van der Waals surface area contributed by atoms with Gasteiger partial charge in [-0.05, 0) is 43.9 Å². The number of imidazole rings is 1. The van der Waals surface area contributed by atoms with Crippen molar-refractivity contribution in [2.45, 2.75) is 58.4 Å². The van der Waals surface area contributed by atoms with E-state index in [9.17, 15) is 13.2 Å². The summed E-state index contributed by atoms with van der Waals surface area (Å²) in [6.07, 6.45) is 2.35. The number of nitrogens with zero attached hydrogens (tertiary/aromatic N) is 3. The van der Waals surface area contributed by atoms with E-state index in [0.717, 1.165) is 35.5 Å². The predicted molar refractivity (Wildman–Crippen MR) is 147 cm³/mol. The fourth-order valence-electron chi connectivity index (χ4n) is 4.36. The molecule has 2 heterocycles. The predicted octanol–water partition coefficient (Wildman–Crippen LogP) is 4.88. The lowest BCUT2D eigenvalue weighted by Gasteiger charge is -2.14. The first-order chi connectivity index (χ1) is 18.2. The Hall–Kier alpha value is -3.92. The molecule has 0 saturated carbocycles. The van der Waals surface area contributed by atoms with E-state index >= 15 is 0 Å². The SMILES string of the molecule is CCCc1nc(CC)c(C(=O)NC)n1Cc1ccc(-c2ccccc2S(=O)(=O)Nc2noc(C)c2C)cc1. The number of carbonyl (C=O) groups is 1. The molecule has 0 fully saturated rings. The Kier molecular flexibility index (Phi) is 8.01. The van der Waals surface area contributed by atoms with E-state index in [0.29, 0.717) is 35.5 Å². The van der Waals surface area contributed by atoms with Crippen molar-refractivity contribution in [3.63, 3.8) is 0 Å². The van der Waals surface area contributed by atoms with Gasteiger partial charge in [0.05, 0.1) is 10.6 Å². The van der Waals surface area contributed by atoms with Gasteiger partial charge in [-0.1, -0.05) is 61.5 Å². The Morgan fingerprint density at radius 3 is 2.37 bits per heavy atom. The maximum Gasteiger partial charge on any atom is 0.269 e. The Bertz CT molecular complexity index is 1550. The monoisotopic (exact) mass is 535 g/mol. The summed E-state index contributed by atoms with van der Waals surface area (Å²) in [5.74, 6) is 1.46. The Labute approximate surface area is 223 Å². The number of nitrogens with one attached hydrogen (secondary N) is 2. The minimum absolute atomic E-state index is 0.141. The van der Waals surface area contributed by atoms with E-state index in [-0.39, 0.29) is 16.6 Å². The number of benzene rings is 2. The van der Waals surface area contributed by atoms with E-state index in [1.165, 1.54) is 0 Å². The van der Waals surface area contributed by atoms with Gasteiger partial charge in [0.25, 0.3) is 15.9 Å². The Balaban J connectivity index is 1.66. The summed E-state index contributed by atoms with van der Waals surface area (Å²) in [7, 11) is -2.30. The highest BCUT2D eigenvalue weighted by molar-refractivity contribution is 7.92. The summed E-state index contributed by atoms with van der Waals surface area (Å²) in [6, 6.07) is 14.5. The lowest BCUT2D eigenvalue weighted by molar-refractivity contribution is 0.0953. The number of sulfonamides is 1. The van der Waals surface area contributed by atoms with Gasteiger partial charge in [0.1, 0.15) is 17.3 Å². The fraction of sp³-hybridized carbons (Fsp3) is 0.321. The molecular formula is C28H33N5O4S. The smallest absolute Gasteiger partial charge is 0.269 e. The van der Waals surface area contributed by atoms with Crippen LogP contribution in [0.25, 0.3) is 11.1 Å². The molecule has 38 heavy (non-hydrogen) atoms. The molecule has 0 radical (unpaired) electrons.